The lowest BCUT2D eigenvalue weighted by atomic mass is 9.83. The van der Waals surface area contributed by atoms with Crippen molar-refractivity contribution in [3.63, 3.8) is 0 Å². The van der Waals surface area contributed by atoms with Gasteiger partial charge < -0.3 is 10.4 Å². The van der Waals surface area contributed by atoms with Gasteiger partial charge in [0, 0.05) is 31.4 Å². The fourth-order valence-electron chi connectivity index (χ4n) is 3.89. The second-order valence-corrected chi connectivity index (χ2v) is 7.56. The van der Waals surface area contributed by atoms with Crippen LogP contribution in [0, 0.1) is 12.8 Å². The number of likely N-dealkylation sites (tertiary alicyclic amines) is 1. The third-order valence-corrected chi connectivity index (χ3v) is 5.61. The number of carbonyl (C=O) groups is 1. The van der Waals surface area contributed by atoms with Crippen LogP contribution in [-0.4, -0.2) is 60.7 Å². The molecule has 8 nitrogen and oxygen atoms in total. The van der Waals surface area contributed by atoms with Crippen LogP contribution in [0.5, 0.6) is 0 Å². The molecular formula is C20H22F2N6O2. The zero-order valence-corrected chi connectivity index (χ0v) is 16.4. The SMILES string of the molecule is Cc1ccc(CC2N(C(=O)O)CCC(CNc3nccn4cnnc34)C2(F)F)cc1. The Labute approximate surface area is 171 Å². The minimum atomic E-state index is -3.22. The van der Waals surface area contributed by atoms with Crippen LogP contribution in [-0.2, 0) is 6.42 Å². The third kappa shape index (κ3) is 3.77. The lowest BCUT2D eigenvalue weighted by molar-refractivity contribution is -0.140. The van der Waals surface area contributed by atoms with Gasteiger partial charge in [0.15, 0.2) is 5.82 Å². The van der Waals surface area contributed by atoms with Crippen molar-refractivity contribution >= 4 is 17.6 Å². The zero-order chi connectivity index (χ0) is 21.3. The summed E-state index contributed by atoms with van der Waals surface area (Å²) < 4.78 is 32.6. The fraction of sp³-hybridized carbons (Fsp3) is 0.400. The van der Waals surface area contributed by atoms with E-state index in [-0.39, 0.29) is 25.9 Å². The van der Waals surface area contributed by atoms with E-state index in [1.807, 2.05) is 19.1 Å². The highest BCUT2D eigenvalue weighted by Gasteiger charge is 2.53. The van der Waals surface area contributed by atoms with Gasteiger partial charge in [-0.15, -0.1) is 10.2 Å². The normalized spacial score (nSPS) is 21.0. The summed E-state index contributed by atoms with van der Waals surface area (Å²) in [5.74, 6) is -3.90. The first kappa shape index (κ1) is 20.0. The largest absolute Gasteiger partial charge is 0.465 e. The number of piperidine rings is 1. The summed E-state index contributed by atoms with van der Waals surface area (Å²) in [5, 5.41) is 20.2. The van der Waals surface area contributed by atoms with Gasteiger partial charge >= 0.3 is 6.09 Å². The molecule has 0 radical (unpaired) electrons. The topological polar surface area (TPSA) is 95.7 Å². The van der Waals surface area contributed by atoms with Gasteiger partial charge in [-0.05, 0) is 25.3 Å². The lowest BCUT2D eigenvalue weighted by Gasteiger charge is -2.44. The summed E-state index contributed by atoms with van der Waals surface area (Å²) in [6, 6.07) is 5.78. The molecule has 158 valence electrons. The van der Waals surface area contributed by atoms with Gasteiger partial charge in [-0.2, -0.15) is 0 Å². The summed E-state index contributed by atoms with van der Waals surface area (Å²) in [7, 11) is 0. The van der Waals surface area contributed by atoms with Crippen LogP contribution in [0.1, 0.15) is 17.5 Å². The van der Waals surface area contributed by atoms with E-state index in [1.165, 1.54) is 12.5 Å². The first-order chi connectivity index (χ1) is 14.4. The van der Waals surface area contributed by atoms with Crippen LogP contribution in [0.25, 0.3) is 5.65 Å². The Morgan fingerprint density at radius 1 is 1.33 bits per heavy atom. The summed E-state index contributed by atoms with van der Waals surface area (Å²) in [5.41, 5.74) is 2.14. The molecule has 3 heterocycles. The molecule has 1 aromatic carbocycles. The molecule has 0 bridgehead atoms. The predicted octanol–water partition coefficient (Wildman–Crippen LogP) is 3.09. The molecule has 1 aliphatic rings. The minimum Gasteiger partial charge on any atom is -0.465 e. The number of nitrogens with one attached hydrogen (secondary N) is 1. The number of fused-ring (bicyclic) bond motifs is 1. The molecule has 0 spiro atoms. The third-order valence-electron chi connectivity index (χ3n) is 5.61. The first-order valence-corrected chi connectivity index (χ1v) is 9.67. The fourth-order valence-corrected chi connectivity index (χ4v) is 3.89. The van der Waals surface area contributed by atoms with Crippen LogP contribution in [0.3, 0.4) is 0 Å². The standard InChI is InChI=1S/C20H22F2N6O2/c1-13-2-4-14(5-3-13)10-16-20(21,22)15(6-8-28(16)19(29)30)11-24-17-18-26-25-12-27(18)9-7-23-17/h2-5,7,9,12,15-16H,6,8,10-11H2,1H3,(H,23,24)(H,29,30). The number of carboxylic acid groups (broad SMARTS) is 1. The van der Waals surface area contributed by atoms with E-state index in [1.54, 1.807) is 22.7 Å². The monoisotopic (exact) mass is 416 g/mol. The number of aromatic nitrogens is 4. The van der Waals surface area contributed by atoms with E-state index in [2.05, 4.69) is 20.5 Å². The summed E-state index contributed by atoms with van der Waals surface area (Å²) in [6.45, 7) is 1.91. The van der Waals surface area contributed by atoms with Crippen LogP contribution in [0.4, 0.5) is 19.4 Å². The number of halogens is 2. The maximum atomic E-state index is 15.5. The average molecular weight is 416 g/mol. The number of aryl methyl sites for hydroxylation is 1. The summed E-state index contributed by atoms with van der Waals surface area (Å²) in [6.07, 6.45) is 3.37. The van der Waals surface area contributed by atoms with Crippen molar-refractivity contribution in [2.24, 2.45) is 5.92 Å². The molecule has 2 aromatic heterocycles. The number of rotatable bonds is 5. The maximum Gasteiger partial charge on any atom is 0.407 e. The zero-order valence-electron chi connectivity index (χ0n) is 16.4. The average Bonchev–Trinajstić information content (AvgIpc) is 3.19. The number of anilines is 1. The Morgan fingerprint density at radius 3 is 2.83 bits per heavy atom. The van der Waals surface area contributed by atoms with Gasteiger partial charge in [0.25, 0.3) is 5.92 Å². The Hall–Kier alpha value is -3.30. The molecule has 2 N–H and O–H groups in total. The molecule has 2 unspecified atom stereocenters. The quantitative estimate of drug-likeness (QED) is 0.664. The van der Waals surface area contributed by atoms with Crippen LogP contribution in [0.15, 0.2) is 43.0 Å². The molecule has 0 saturated carbocycles. The van der Waals surface area contributed by atoms with Gasteiger partial charge in [-0.1, -0.05) is 29.8 Å². The van der Waals surface area contributed by atoms with Crippen molar-refractivity contribution in [1.82, 2.24) is 24.5 Å². The second kappa shape index (κ2) is 7.85. The van der Waals surface area contributed by atoms with Gasteiger partial charge in [-0.25, -0.2) is 18.6 Å². The molecule has 10 heteroatoms. The lowest BCUT2D eigenvalue weighted by Crippen LogP contribution is -2.60. The van der Waals surface area contributed by atoms with E-state index < -0.39 is 24.0 Å². The van der Waals surface area contributed by atoms with Crippen LogP contribution in [0.2, 0.25) is 0 Å². The van der Waals surface area contributed by atoms with Gasteiger partial charge in [0.05, 0.1) is 0 Å². The maximum absolute atomic E-state index is 15.5. The summed E-state index contributed by atoms with van der Waals surface area (Å²) >= 11 is 0. The Morgan fingerprint density at radius 2 is 2.10 bits per heavy atom. The molecule has 1 amide bonds. The number of alkyl halides is 2. The molecule has 0 aliphatic carbocycles. The molecule has 2 atom stereocenters. The van der Waals surface area contributed by atoms with E-state index in [0.717, 1.165) is 10.5 Å². The number of benzene rings is 1. The van der Waals surface area contributed by atoms with Crippen molar-refractivity contribution in [2.75, 3.05) is 18.4 Å². The van der Waals surface area contributed by atoms with E-state index in [4.69, 9.17) is 0 Å². The Kier molecular flexibility index (Phi) is 5.23. The van der Waals surface area contributed by atoms with Crippen LogP contribution >= 0.6 is 0 Å². The minimum absolute atomic E-state index is 0.0475. The predicted molar refractivity (Wildman–Crippen MR) is 106 cm³/mol. The smallest absolute Gasteiger partial charge is 0.407 e. The molecular weight excluding hydrogens is 394 g/mol. The Balaban J connectivity index is 1.54. The molecule has 1 aliphatic heterocycles. The molecule has 1 fully saturated rings. The van der Waals surface area contributed by atoms with E-state index in [0.29, 0.717) is 17.0 Å². The van der Waals surface area contributed by atoms with Crippen molar-refractivity contribution in [3.8, 4) is 0 Å². The number of hydrogen-bond donors (Lipinski definition) is 2. The Bertz CT molecular complexity index is 1040. The van der Waals surface area contributed by atoms with Crippen molar-refractivity contribution in [1.29, 1.82) is 0 Å². The van der Waals surface area contributed by atoms with Crippen molar-refractivity contribution in [3.05, 3.63) is 54.1 Å². The number of hydrogen-bond acceptors (Lipinski definition) is 5. The number of amides is 1. The van der Waals surface area contributed by atoms with Crippen molar-refractivity contribution in [2.45, 2.75) is 31.7 Å². The molecule has 30 heavy (non-hydrogen) atoms. The van der Waals surface area contributed by atoms with Crippen LogP contribution < -0.4 is 5.32 Å². The van der Waals surface area contributed by atoms with E-state index in [9.17, 15) is 9.90 Å². The van der Waals surface area contributed by atoms with Gasteiger partial charge in [-0.3, -0.25) is 9.30 Å². The van der Waals surface area contributed by atoms with Gasteiger partial charge in [0.1, 0.15) is 12.4 Å². The second-order valence-electron chi connectivity index (χ2n) is 7.56. The first-order valence-electron chi connectivity index (χ1n) is 9.67. The van der Waals surface area contributed by atoms with Crippen molar-refractivity contribution < 1.29 is 18.7 Å². The highest BCUT2D eigenvalue weighted by atomic mass is 19.3. The van der Waals surface area contributed by atoms with E-state index >= 15 is 8.78 Å². The number of nitrogens with zero attached hydrogens (tertiary/aromatic N) is 5. The molecule has 4 rings (SSSR count). The highest BCUT2D eigenvalue weighted by Crippen LogP contribution is 2.40. The summed E-state index contributed by atoms with van der Waals surface area (Å²) in [4.78, 5) is 16.7. The molecule has 1 saturated heterocycles. The highest BCUT2D eigenvalue weighted by molar-refractivity contribution is 5.66. The van der Waals surface area contributed by atoms with Gasteiger partial charge in [0.2, 0.25) is 5.65 Å². The molecule has 3 aromatic rings.